The molecule has 6 heteroatoms. The van der Waals surface area contributed by atoms with Gasteiger partial charge in [-0.05, 0) is 43.0 Å². The molecular weight excluding hydrogens is 340 g/mol. The first-order valence-corrected chi connectivity index (χ1v) is 10.3. The molecule has 0 spiro atoms. The molecule has 0 bridgehead atoms. The van der Waals surface area contributed by atoms with Crippen molar-refractivity contribution in [1.29, 1.82) is 0 Å². The third-order valence-electron chi connectivity index (χ3n) is 5.60. The first-order chi connectivity index (χ1) is 13.2. The predicted molar refractivity (Wildman–Crippen MR) is 107 cm³/mol. The van der Waals surface area contributed by atoms with Crippen molar-refractivity contribution in [2.75, 3.05) is 18.4 Å². The number of hydrogen-bond donors (Lipinski definition) is 3. The molecule has 1 aromatic rings. The fourth-order valence-electron chi connectivity index (χ4n) is 4.06. The van der Waals surface area contributed by atoms with Crippen LogP contribution in [0.3, 0.4) is 0 Å². The Morgan fingerprint density at radius 1 is 1.07 bits per heavy atom. The zero-order valence-electron chi connectivity index (χ0n) is 16.1. The SMILES string of the molecule is NCCCCCCCCNc1cccc2c1CN(C1CCC(=O)NC1=O)C2. The number of nitrogens with two attached hydrogens (primary N) is 1. The average Bonchev–Trinajstić information content (AvgIpc) is 3.08. The van der Waals surface area contributed by atoms with Crippen LogP contribution in [0.5, 0.6) is 0 Å². The Morgan fingerprint density at radius 2 is 1.85 bits per heavy atom. The van der Waals surface area contributed by atoms with Gasteiger partial charge in [-0.2, -0.15) is 0 Å². The minimum atomic E-state index is -0.198. The minimum absolute atomic E-state index is 0.150. The van der Waals surface area contributed by atoms with Crippen molar-refractivity contribution in [2.45, 2.75) is 70.5 Å². The summed E-state index contributed by atoms with van der Waals surface area (Å²) < 4.78 is 0. The number of rotatable bonds is 10. The van der Waals surface area contributed by atoms with Gasteiger partial charge in [0.15, 0.2) is 0 Å². The predicted octanol–water partition coefficient (Wildman–Crippen LogP) is 2.52. The summed E-state index contributed by atoms with van der Waals surface area (Å²) in [6.07, 6.45) is 8.39. The number of nitrogens with one attached hydrogen (secondary N) is 2. The average molecular weight is 373 g/mol. The first-order valence-electron chi connectivity index (χ1n) is 10.3. The van der Waals surface area contributed by atoms with Gasteiger partial charge in [0.25, 0.3) is 0 Å². The molecule has 1 unspecified atom stereocenters. The Bertz CT molecular complexity index is 662. The summed E-state index contributed by atoms with van der Waals surface area (Å²) in [5, 5.41) is 6.06. The van der Waals surface area contributed by atoms with Crippen LogP contribution >= 0.6 is 0 Å². The smallest absolute Gasteiger partial charge is 0.243 e. The van der Waals surface area contributed by atoms with E-state index >= 15 is 0 Å². The van der Waals surface area contributed by atoms with Crippen LogP contribution in [0.4, 0.5) is 5.69 Å². The van der Waals surface area contributed by atoms with Gasteiger partial charge in [-0.25, -0.2) is 0 Å². The first kappa shape index (κ1) is 19.8. The van der Waals surface area contributed by atoms with E-state index in [1.807, 2.05) is 0 Å². The molecule has 0 aromatic heterocycles. The van der Waals surface area contributed by atoms with E-state index in [9.17, 15) is 9.59 Å². The fraction of sp³-hybridized carbons (Fsp3) is 0.619. The number of hydrogen-bond acceptors (Lipinski definition) is 5. The van der Waals surface area contributed by atoms with Gasteiger partial charge in [0.05, 0.1) is 6.04 Å². The van der Waals surface area contributed by atoms with Crippen molar-refractivity contribution >= 4 is 17.5 Å². The number of carbonyl (C=O) groups is 2. The highest BCUT2D eigenvalue weighted by Crippen LogP contribution is 2.32. The van der Waals surface area contributed by atoms with Crippen molar-refractivity contribution in [3.8, 4) is 0 Å². The van der Waals surface area contributed by atoms with Crippen molar-refractivity contribution < 1.29 is 9.59 Å². The van der Waals surface area contributed by atoms with Crippen molar-refractivity contribution in [1.82, 2.24) is 10.2 Å². The van der Waals surface area contributed by atoms with E-state index in [0.29, 0.717) is 12.8 Å². The second-order valence-electron chi connectivity index (χ2n) is 7.65. The molecule has 0 radical (unpaired) electrons. The summed E-state index contributed by atoms with van der Waals surface area (Å²) in [7, 11) is 0. The maximum Gasteiger partial charge on any atom is 0.243 e. The van der Waals surface area contributed by atoms with E-state index in [2.05, 4.69) is 33.7 Å². The van der Waals surface area contributed by atoms with Crippen molar-refractivity contribution in [3.63, 3.8) is 0 Å². The molecule has 1 saturated heterocycles. The van der Waals surface area contributed by atoms with Gasteiger partial charge in [-0.1, -0.05) is 37.8 Å². The molecule has 0 aliphatic carbocycles. The molecule has 1 fully saturated rings. The third kappa shape index (κ3) is 5.30. The van der Waals surface area contributed by atoms with Crippen LogP contribution in [0.2, 0.25) is 0 Å². The van der Waals surface area contributed by atoms with Crippen LogP contribution in [0, 0.1) is 0 Å². The molecule has 6 nitrogen and oxygen atoms in total. The van der Waals surface area contributed by atoms with E-state index < -0.39 is 0 Å². The van der Waals surface area contributed by atoms with E-state index in [1.165, 1.54) is 48.9 Å². The molecule has 2 amide bonds. The lowest BCUT2D eigenvalue weighted by atomic mass is 10.0. The summed E-state index contributed by atoms with van der Waals surface area (Å²) in [5.74, 6) is -0.304. The van der Waals surface area contributed by atoms with Crippen molar-refractivity contribution in [2.24, 2.45) is 5.73 Å². The van der Waals surface area contributed by atoms with Crippen LogP contribution in [0.25, 0.3) is 0 Å². The Morgan fingerprint density at radius 3 is 2.63 bits per heavy atom. The monoisotopic (exact) mass is 372 g/mol. The largest absolute Gasteiger partial charge is 0.385 e. The second kappa shape index (κ2) is 9.85. The molecule has 3 rings (SSSR count). The summed E-state index contributed by atoms with van der Waals surface area (Å²) in [5.41, 5.74) is 9.29. The maximum absolute atomic E-state index is 12.2. The third-order valence-corrected chi connectivity index (χ3v) is 5.60. The quantitative estimate of drug-likeness (QED) is 0.434. The van der Waals surface area contributed by atoms with E-state index in [0.717, 1.165) is 32.6 Å². The number of anilines is 1. The van der Waals surface area contributed by atoms with Gasteiger partial charge in [-0.3, -0.25) is 19.8 Å². The number of fused-ring (bicyclic) bond motifs is 1. The number of unbranched alkanes of at least 4 members (excludes halogenated alkanes) is 5. The molecule has 1 aromatic carbocycles. The molecule has 148 valence electrons. The number of benzene rings is 1. The number of nitrogens with zero attached hydrogens (tertiary/aromatic N) is 1. The molecule has 2 aliphatic rings. The molecule has 27 heavy (non-hydrogen) atoms. The highest BCUT2D eigenvalue weighted by Gasteiger charge is 2.35. The Kier molecular flexibility index (Phi) is 7.24. The lowest BCUT2D eigenvalue weighted by Crippen LogP contribution is -2.50. The zero-order chi connectivity index (χ0) is 19.1. The molecule has 4 N–H and O–H groups in total. The summed E-state index contributed by atoms with van der Waals surface area (Å²) >= 11 is 0. The molecule has 2 heterocycles. The Balaban J connectivity index is 1.47. The molecule has 0 saturated carbocycles. The lowest BCUT2D eigenvalue weighted by molar-refractivity contribution is -0.137. The highest BCUT2D eigenvalue weighted by atomic mass is 16.2. The lowest BCUT2D eigenvalue weighted by Gasteiger charge is -2.29. The van der Waals surface area contributed by atoms with Gasteiger partial charge in [-0.15, -0.1) is 0 Å². The van der Waals surface area contributed by atoms with Gasteiger partial charge >= 0.3 is 0 Å². The molecule has 2 aliphatic heterocycles. The summed E-state index contributed by atoms with van der Waals surface area (Å²) in [6.45, 7) is 3.32. The number of piperidine rings is 1. The summed E-state index contributed by atoms with van der Waals surface area (Å²) in [6, 6.07) is 6.16. The van der Waals surface area contributed by atoms with Crippen molar-refractivity contribution in [3.05, 3.63) is 29.3 Å². The van der Waals surface area contributed by atoms with Crippen LogP contribution < -0.4 is 16.4 Å². The van der Waals surface area contributed by atoms with Crippen LogP contribution in [-0.2, 0) is 22.7 Å². The van der Waals surface area contributed by atoms with E-state index in [-0.39, 0.29) is 17.9 Å². The van der Waals surface area contributed by atoms with Gasteiger partial charge in [0, 0.05) is 31.7 Å². The van der Waals surface area contributed by atoms with E-state index in [1.54, 1.807) is 0 Å². The van der Waals surface area contributed by atoms with E-state index in [4.69, 9.17) is 5.73 Å². The van der Waals surface area contributed by atoms with Gasteiger partial charge in [0.2, 0.25) is 11.8 Å². The minimum Gasteiger partial charge on any atom is -0.385 e. The van der Waals surface area contributed by atoms with Gasteiger partial charge in [0.1, 0.15) is 0 Å². The standard InChI is InChI=1S/C21H32N4O2/c22-12-5-3-1-2-4-6-13-23-18-9-7-8-16-14-25(15-17(16)18)19-10-11-20(26)24-21(19)27/h7-9,19,23H,1-6,10-15,22H2,(H,24,26,27). The Hall–Kier alpha value is -1.92. The fourth-order valence-corrected chi connectivity index (χ4v) is 4.06. The maximum atomic E-state index is 12.2. The second-order valence-corrected chi connectivity index (χ2v) is 7.65. The van der Waals surface area contributed by atoms with Crippen LogP contribution in [-0.4, -0.2) is 35.8 Å². The molecular formula is C21H32N4O2. The Labute approximate surface area is 161 Å². The number of carbonyl (C=O) groups excluding carboxylic acids is 2. The van der Waals surface area contributed by atoms with Crippen LogP contribution in [0.15, 0.2) is 18.2 Å². The normalized spacial score (nSPS) is 19.8. The zero-order valence-corrected chi connectivity index (χ0v) is 16.1. The molecule has 1 atom stereocenters. The topological polar surface area (TPSA) is 87.5 Å². The summed E-state index contributed by atoms with van der Waals surface area (Å²) in [4.78, 5) is 25.7. The number of imide groups is 1. The van der Waals surface area contributed by atoms with Crippen LogP contribution in [0.1, 0.15) is 62.5 Å². The van der Waals surface area contributed by atoms with Gasteiger partial charge < -0.3 is 11.1 Å². The number of amides is 2. The highest BCUT2D eigenvalue weighted by molar-refractivity contribution is 6.00.